The smallest absolute Gasteiger partial charge is 0.311 e. The Morgan fingerprint density at radius 1 is 0.962 bits per heavy atom. The van der Waals surface area contributed by atoms with Gasteiger partial charge in [0.25, 0.3) is 0 Å². The van der Waals surface area contributed by atoms with Crippen LogP contribution in [0.5, 0.6) is 0 Å². The van der Waals surface area contributed by atoms with E-state index in [9.17, 15) is 4.79 Å². The molecule has 1 aliphatic heterocycles. The molecule has 6 heteroatoms. The van der Waals surface area contributed by atoms with Crippen molar-refractivity contribution in [3.63, 3.8) is 0 Å². The van der Waals surface area contributed by atoms with Crippen LogP contribution >= 0.6 is 0 Å². The number of aromatic nitrogens is 2. The van der Waals surface area contributed by atoms with E-state index in [1.165, 1.54) is 11.3 Å². The lowest BCUT2D eigenvalue weighted by Crippen LogP contribution is -2.48. The molecule has 0 bridgehead atoms. The maximum absolute atomic E-state index is 12.7. The van der Waals surface area contributed by atoms with Crippen molar-refractivity contribution in [2.75, 3.05) is 31.1 Å². The van der Waals surface area contributed by atoms with E-state index >= 15 is 0 Å². The molecule has 3 aromatic rings. The molecule has 2 heterocycles. The number of aryl methyl sites for hydroxylation is 1. The SMILES string of the molecule is Cc1cccc(N2CCN(C(=O)c3nnc(-c4ccccc4)o3)CC2)c1. The Labute approximate surface area is 152 Å². The van der Waals surface area contributed by atoms with Crippen molar-refractivity contribution in [2.24, 2.45) is 0 Å². The number of rotatable bonds is 3. The van der Waals surface area contributed by atoms with E-state index < -0.39 is 0 Å². The van der Waals surface area contributed by atoms with E-state index in [4.69, 9.17) is 4.42 Å². The zero-order valence-corrected chi connectivity index (χ0v) is 14.6. The summed E-state index contributed by atoms with van der Waals surface area (Å²) >= 11 is 0. The normalized spacial score (nSPS) is 14.5. The standard InChI is InChI=1S/C20H20N4O2/c1-15-6-5-9-17(14-15)23-10-12-24(13-11-23)20(25)19-22-21-18(26-19)16-7-3-2-4-8-16/h2-9,14H,10-13H2,1H3. The van der Waals surface area contributed by atoms with Gasteiger partial charge in [0.1, 0.15) is 0 Å². The summed E-state index contributed by atoms with van der Waals surface area (Å²) in [5, 5.41) is 7.94. The average Bonchev–Trinajstić information content (AvgIpc) is 3.18. The Morgan fingerprint density at radius 3 is 2.46 bits per heavy atom. The summed E-state index contributed by atoms with van der Waals surface area (Å²) < 4.78 is 5.58. The van der Waals surface area contributed by atoms with E-state index in [0.717, 1.165) is 18.7 Å². The molecule has 4 rings (SSSR count). The fraction of sp³-hybridized carbons (Fsp3) is 0.250. The number of anilines is 1. The van der Waals surface area contributed by atoms with Gasteiger partial charge in [0.15, 0.2) is 0 Å². The number of carbonyl (C=O) groups is 1. The van der Waals surface area contributed by atoms with Crippen molar-refractivity contribution in [3.8, 4) is 11.5 Å². The van der Waals surface area contributed by atoms with Crippen LogP contribution in [0.3, 0.4) is 0 Å². The summed E-state index contributed by atoms with van der Waals surface area (Å²) in [6.45, 7) is 4.93. The van der Waals surface area contributed by atoms with Crippen molar-refractivity contribution < 1.29 is 9.21 Å². The van der Waals surface area contributed by atoms with E-state index in [1.54, 1.807) is 4.90 Å². The van der Waals surface area contributed by atoms with Crippen LogP contribution < -0.4 is 4.90 Å². The van der Waals surface area contributed by atoms with Crippen LogP contribution in [0.2, 0.25) is 0 Å². The molecule has 6 nitrogen and oxygen atoms in total. The van der Waals surface area contributed by atoms with Crippen molar-refractivity contribution in [1.82, 2.24) is 15.1 Å². The highest BCUT2D eigenvalue weighted by molar-refractivity contribution is 5.90. The van der Waals surface area contributed by atoms with E-state index in [2.05, 4.69) is 46.3 Å². The molecule has 132 valence electrons. The lowest BCUT2D eigenvalue weighted by molar-refractivity contribution is 0.0707. The molecule has 1 saturated heterocycles. The van der Waals surface area contributed by atoms with Crippen LogP contribution in [-0.2, 0) is 0 Å². The summed E-state index contributed by atoms with van der Waals surface area (Å²) in [6, 6.07) is 17.9. The quantitative estimate of drug-likeness (QED) is 0.728. The minimum absolute atomic E-state index is 0.0489. The molecule has 0 N–H and O–H groups in total. The molecule has 1 fully saturated rings. The maximum atomic E-state index is 12.7. The highest BCUT2D eigenvalue weighted by atomic mass is 16.4. The van der Waals surface area contributed by atoms with Gasteiger partial charge in [0.05, 0.1) is 0 Å². The van der Waals surface area contributed by atoms with Crippen LogP contribution in [0.4, 0.5) is 5.69 Å². The summed E-state index contributed by atoms with van der Waals surface area (Å²) in [4.78, 5) is 16.7. The number of benzene rings is 2. The second-order valence-electron chi connectivity index (χ2n) is 6.40. The topological polar surface area (TPSA) is 62.5 Å². The molecule has 0 aliphatic carbocycles. The first-order valence-corrected chi connectivity index (χ1v) is 8.70. The molecule has 0 saturated carbocycles. The van der Waals surface area contributed by atoms with Crippen molar-refractivity contribution >= 4 is 11.6 Å². The third-order valence-electron chi connectivity index (χ3n) is 4.56. The Kier molecular flexibility index (Phi) is 4.39. The number of piperazine rings is 1. The minimum atomic E-state index is -0.205. The van der Waals surface area contributed by atoms with Gasteiger partial charge in [-0.05, 0) is 36.8 Å². The third kappa shape index (κ3) is 3.31. The fourth-order valence-corrected chi connectivity index (χ4v) is 3.13. The first kappa shape index (κ1) is 16.3. The van der Waals surface area contributed by atoms with Crippen molar-refractivity contribution in [2.45, 2.75) is 6.92 Å². The van der Waals surface area contributed by atoms with Gasteiger partial charge in [-0.25, -0.2) is 0 Å². The fourth-order valence-electron chi connectivity index (χ4n) is 3.13. The predicted molar refractivity (Wildman–Crippen MR) is 99.0 cm³/mol. The molecule has 26 heavy (non-hydrogen) atoms. The van der Waals surface area contributed by atoms with Crippen LogP contribution in [0.1, 0.15) is 16.2 Å². The van der Waals surface area contributed by atoms with Gasteiger partial charge in [-0.15, -0.1) is 10.2 Å². The molecule has 1 aliphatic rings. The lowest BCUT2D eigenvalue weighted by Gasteiger charge is -2.35. The molecule has 0 spiro atoms. The first-order valence-electron chi connectivity index (χ1n) is 8.70. The van der Waals surface area contributed by atoms with Crippen molar-refractivity contribution in [3.05, 3.63) is 66.1 Å². The Bertz CT molecular complexity index is 899. The van der Waals surface area contributed by atoms with Gasteiger partial charge in [-0.1, -0.05) is 30.3 Å². The molecular formula is C20H20N4O2. The van der Waals surface area contributed by atoms with Crippen LogP contribution in [-0.4, -0.2) is 47.2 Å². The first-order chi connectivity index (χ1) is 12.7. The number of hydrogen-bond acceptors (Lipinski definition) is 5. The molecule has 0 radical (unpaired) electrons. The second kappa shape index (κ2) is 7.00. The lowest BCUT2D eigenvalue weighted by atomic mass is 10.2. The number of carbonyl (C=O) groups excluding carboxylic acids is 1. The van der Waals surface area contributed by atoms with Crippen LogP contribution in [0.25, 0.3) is 11.5 Å². The highest BCUT2D eigenvalue weighted by Crippen LogP contribution is 2.20. The zero-order chi connectivity index (χ0) is 17.9. The third-order valence-corrected chi connectivity index (χ3v) is 4.56. The predicted octanol–water partition coefficient (Wildman–Crippen LogP) is 3.01. The van der Waals surface area contributed by atoms with Gasteiger partial charge >= 0.3 is 11.8 Å². The van der Waals surface area contributed by atoms with Crippen molar-refractivity contribution in [1.29, 1.82) is 0 Å². The van der Waals surface area contributed by atoms with Gasteiger partial charge in [0, 0.05) is 37.4 Å². The number of nitrogens with zero attached hydrogens (tertiary/aromatic N) is 4. The zero-order valence-electron chi connectivity index (χ0n) is 14.6. The van der Waals surface area contributed by atoms with Gasteiger partial charge in [0.2, 0.25) is 5.89 Å². The van der Waals surface area contributed by atoms with Gasteiger partial charge in [-0.3, -0.25) is 4.79 Å². The summed E-state index contributed by atoms with van der Waals surface area (Å²) in [7, 11) is 0. The molecule has 2 aromatic carbocycles. The largest absolute Gasteiger partial charge is 0.412 e. The summed E-state index contributed by atoms with van der Waals surface area (Å²) in [5.41, 5.74) is 3.24. The second-order valence-corrected chi connectivity index (χ2v) is 6.40. The Balaban J connectivity index is 1.42. The van der Waals surface area contributed by atoms with Gasteiger partial charge < -0.3 is 14.2 Å². The molecule has 1 aromatic heterocycles. The average molecular weight is 348 g/mol. The molecule has 0 atom stereocenters. The Hall–Kier alpha value is -3.15. The highest BCUT2D eigenvalue weighted by Gasteiger charge is 2.26. The summed E-state index contributed by atoms with van der Waals surface area (Å²) in [6.07, 6.45) is 0. The number of hydrogen-bond donors (Lipinski definition) is 0. The molecule has 1 amide bonds. The van der Waals surface area contributed by atoms with Crippen LogP contribution in [0, 0.1) is 6.92 Å². The van der Waals surface area contributed by atoms with E-state index in [1.807, 2.05) is 30.3 Å². The van der Waals surface area contributed by atoms with E-state index in [0.29, 0.717) is 19.0 Å². The minimum Gasteiger partial charge on any atom is -0.412 e. The van der Waals surface area contributed by atoms with Crippen LogP contribution in [0.15, 0.2) is 59.0 Å². The Morgan fingerprint density at radius 2 is 1.73 bits per heavy atom. The van der Waals surface area contributed by atoms with Gasteiger partial charge in [-0.2, -0.15) is 0 Å². The summed E-state index contributed by atoms with van der Waals surface area (Å²) in [5.74, 6) is 0.212. The number of amides is 1. The molecule has 0 unspecified atom stereocenters. The maximum Gasteiger partial charge on any atom is 0.311 e. The monoisotopic (exact) mass is 348 g/mol. The van der Waals surface area contributed by atoms with E-state index in [-0.39, 0.29) is 11.8 Å². The molecular weight excluding hydrogens is 328 g/mol.